The molecule has 0 aliphatic heterocycles. The van der Waals surface area contributed by atoms with Gasteiger partial charge in [0.05, 0.1) is 6.61 Å². The van der Waals surface area contributed by atoms with Crippen molar-refractivity contribution in [3.8, 4) is 0 Å². The first kappa shape index (κ1) is 18.3. The summed E-state index contributed by atoms with van der Waals surface area (Å²) >= 11 is 0. The van der Waals surface area contributed by atoms with Crippen molar-refractivity contribution in [1.29, 1.82) is 0 Å². The Morgan fingerprint density at radius 2 is 2.04 bits per heavy atom. The van der Waals surface area contributed by atoms with Gasteiger partial charge >= 0.3 is 0 Å². The highest BCUT2D eigenvalue weighted by Gasteiger charge is 2.11. The first-order valence-electron chi connectivity index (χ1n) is 7.50. The molecule has 0 saturated carbocycles. The standard InChI is InChI=1S/C18H20FNO3S/c1-13-6-7-15(19)11-17(13)18(21)20-16-5-3-4-14(10-16)12-24(22)9-8-23-2/h3-7,10-11H,8-9,12H2,1-2H3,(H,20,21)/t24-/m1/s1. The van der Waals surface area contributed by atoms with Crippen LogP contribution in [0, 0.1) is 12.7 Å². The normalized spacial score (nSPS) is 12.0. The van der Waals surface area contributed by atoms with Gasteiger partial charge in [0, 0.05) is 40.7 Å². The molecule has 0 heterocycles. The molecule has 0 saturated heterocycles. The van der Waals surface area contributed by atoms with Gasteiger partial charge in [-0.1, -0.05) is 18.2 Å². The molecule has 0 fully saturated rings. The van der Waals surface area contributed by atoms with E-state index in [0.29, 0.717) is 34.9 Å². The average Bonchev–Trinajstić information content (AvgIpc) is 2.55. The Kier molecular flexibility index (Phi) is 6.63. The van der Waals surface area contributed by atoms with Crippen molar-refractivity contribution in [2.24, 2.45) is 0 Å². The first-order chi connectivity index (χ1) is 11.5. The van der Waals surface area contributed by atoms with Crippen molar-refractivity contribution < 1.29 is 18.1 Å². The van der Waals surface area contributed by atoms with E-state index in [1.807, 2.05) is 6.07 Å². The number of nitrogens with one attached hydrogen (secondary N) is 1. The Bertz CT molecular complexity index is 749. The van der Waals surface area contributed by atoms with E-state index >= 15 is 0 Å². The molecule has 2 rings (SSSR count). The molecule has 0 aliphatic rings. The lowest BCUT2D eigenvalue weighted by Gasteiger charge is -2.09. The lowest BCUT2D eigenvalue weighted by molar-refractivity contribution is 0.102. The largest absolute Gasteiger partial charge is 0.384 e. The highest BCUT2D eigenvalue weighted by molar-refractivity contribution is 7.84. The van der Waals surface area contributed by atoms with Gasteiger partial charge in [0.1, 0.15) is 5.82 Å². The molecular formula is C18H20FNO3S. The predicted octanol–water partition coefficient (Wildman–Crippen LogP) is 3.28. The number of hydrogen-bond acceptors (Lipinski definition) is 3. The summed E-state index contributed by atoms with van der Waals surface area (Å²) < 4.78 is 30.2. The number of benzene rings is 2. The number of ether oxygens (including phenoxy) is 1. The van der Waals surface area contributed by atoms with E-state index in [-0.39, 0.29) is 5.91 Å². The third-order valence-corrected chi connectivity index (χ3v) is 4.75. The van der Waals surface area contributed by atoms with Gasteiger partial charge in [0.25, 0.3) is 5.91 Å². The van der Waals surface area contributed by atoms with Crippen molar-refractivity contribution in [1.82, 2.24) is 0 Å². The molecule has 6 heteroatoms. The molecule has 0 unspecified atom stereocenters. The maximum Gasteiger partial charge on any atom is 0.256 e. The number of anilines is 1. The zero-order valence-corrected chi connectivity index (χ0v) is 14.5. The second kappa shape index (κ2) is 8.70. The lowest BCUT2D eigenvalue weighted by atomic mass is 10.1. The number of rotatable bonds is 7. The highest BCUT2D eigenvalue weighted by Crippen LogP contribution is 2.16. The minimum absolute atomic E-state index is 0.295. The predicted molar refractivity (Wildman–Crippen MR) is 94.1 cm³/mol. The van der Waals surface area contributed by atoms with E-state index in [2.05, 4.69) is 5.32 Å². The van der Waals surface area contributed by atoms with Crippen LogP contribution in [0.25, 0.3) is 0 Å². The second-order valence-corrected chi connectivity index (χ2v) is 6.97. The summed E-state index contributed by atoms with van der Waals surface area (Å²) in [5.41, 5.74) is 2.44. The molecule has 4 nitrogen and oxygen atoms in total. The maximum atomic E-state index is 13.3. The Morgan fingerprint density at radius 1 is 1.25 bits per heavy atom. The number of amides is 1. The van der Waals surface area contributed by atoms with Crippen LogP contribution in [0.3, 0.4) is 0 Å². The molecule has 2 aromatic carbocycles. The maximum absolute atomic E-state index is 13.3. The van der Waals surface area contributed by atoms with Crippen LogP contribution in [0.2, 0.25) is 0 Å². The molecule has 128 valence electrons. The van der Waals surface area contributed by atoms with Crippen molar-refractivity contribution in [3.05, 3.63) is 65.0 Å². The van der Waals surface area contributed by atoms with E-state index in [9.17, 15) is 13.4 Å². The lowest BCUT2D eigenvalue weighted by Crippen LogP contribution is -2.14. The molecule has 0 aromatic heterocycles. The van der Waals surface area contributed by atoms with Crippen LogP contribution in [0.4, 0.5) is 10.1 Å². The van der Waals surface area contributed by atoms with E-state index in [1.165, 1.54) is 12.1 Å². The molecule has 0 spiro atoms. The van der Waals surface area contributed by atoms with Gasteiger partial charge in [0.2, 0.25) is 0 Å². The van der Waals surface area contributed by atoms with E-state index in [4.69, 9.17) is 4.74 Å². The van der Waals surface area contributed by atoms with Gasteiger partial charge < -0.3 is 10.1 Å². The van der Waals surface area contributed by atoms with Crippen molar-refractivity contribution >= 4 is 22.4 Å². The summed E-state index contributed by atoms with van der Waals surface area (Å²) in [6.45, 7) is 2.20. The number of carbonyl (C=O) groups excluding carboxylic acids is 1. The first-order valence-corrected chi connectivity index (χ1v) is 8.99. The third kappa shape index (κ3) is 5.25. The summed E-state index contributed by atoms with van der Waals surface area (Å²) in [5, 5.41) is 2.75. The van der Waals surface area contributed by atoms with Crippen LogP contribution < -0.4 is 5.32 Å². The highest BCUT2D eigenvalue weighted by atomic mass is 32.2. The fraction of sp³-hybridized carbons (Fsp3) is 0.278. The fourth-order valence-corrected chi connectivity index (χ4v) is 3.26. The van der Waals surface area contributed by atoms with E-state index < -0.39 is 16.6 Å². The Labute approximate surface area is 143 Å². The van der Waals surface area contributed by atoms with Gasteiger partial charge in [-0.2, -0.15) is 0 Å². The van der Waals surface area contributed by atoms with Gasteiger partial charge in [-0.15, -0.1) is 0 Å². The van der Waals surface area contributed by atoms with Crippen LogP contribution in [0.1, 0.15) is 21.5 Å². The van der Waals surface area contributed by atoms with E-state index in [1.54, 1.807) is 38.3 Å². The quantitative estimate of drug-likeness (QED) is 0.835. The minimum atomic E-state index is -1.02. The molecule has 1 atom stereocenters. The monoisotopic (exact) mass is 349 g/mol. The second-order valence-electron chi connectivity index (χ2n) is 5.39. The number of carbonyl (C=O) groups is 1. The Morgan fingerprint density at radius 3 is 2.79 bits per heavy atom. The molecule has 2 aromatic rings. The van der Waals surface area contributed by atoms with Crippen LogP contribution in [-0.2, 0) is 21.3 Å². The summed E-state index contributed by atoms with van der Waals surface area (Å²) in [6.07, 6.45) is 0. The van der Waals surface area contributed by atoms with Gasteiger partial charge in [-0.05, 0) is 42.3 Å². The third-order valence-electron chi connectivity index (χ3n) is 3.47. The summed E-state index contributed by atoms with van der Waals surface area (Å²) in [7, 11) is 0.549. The average molecular weight is 349 g/mol. The van der Waals surface area contributed by atoms with Crippen molar-refractivity contribution in [2.75, 3.05) is 24.8 Å². The molecule has 0 aliphatic carbocycles. The SMILES string of the molecule is COCC[S@@](=O)Cc1cccc(NC(=O)c2cc(F)ccc2C)c1. The number of methoxy groups -OCH3 is 1. The number of aryl methyl sites for hydroxylation is 1. The van der Waals surface area contributed by atoms with Gasteiger partial charge in [-0.25, -0.2) is 4.39 Å². The smallest absolute Gasteiger partial charge is 0.256 e. The minimum Gasteiger partial charge on any atom is -0.384 e. The summed E-state index contributed by atoms with van der Waals surface area (Å²) in [4.78, 5) is 12.3. The van der Waals surface area contributed by atoms with Crippen molar-refractivity contribution in [2.45, 2.75) is 12.7 Å². The molecule has 24 heavy (non-hydrogen) atoms. The van der Waals surface area contributed by atoms with Gasteiger partial charge in [-0.3, -0.25) is 9.00 Å². The molecule has 1 N–H and O–H groups in total. The Hall–Kier alpha value is -2.05. The number of hydrogen-bond donors (Lipinski definition) is 1. The number of halogens is 1. The zero-order valence-electron chi connectivity index (χ0n) is 13.7. The summed E-state index contributed by atoms with van der Waals surface area (Å²) in [5.74, 6) is 0.0412. The fourth-order valence-electron chi connectivity index (χ4n) is 2.21. The van der Waals surface area contributed by atoms with Gasteiger partial charge in [0.15, 0.2) is 0 Å². The van der Waals surface area contributed by atoms with E-state index in [0.717, 1.165) is 5.56 Å². The van der Waals surface area contributed by atoms with Crippen molar-refractivity contribution in [3.63, 3.8) is 0 Å². The molecule has 1 amide bonds. The van der Waals surface area contributed by atoms with Crippen LogP contribution >= 0.6 is 0 Å². The Balaban J connectivity index is 2.07. The van der Waals surface area contributed by atoms with Crippen LogP contribution in [0.15, 0.2) is 42.5 Å². The topological polar surface area (TPSA) is 55.4 Å². The zero-order chi connectivity index (χ0) is 17.5. The summed E-state index contributed by atoms with van der Waals surface area (Å²) in [6, 6.07) is 11.3. The molecular weight excluding hydrogens is 329 g/mol. The molecule has 0 bridgehead atoms. The van der Waals surface area contributed by atoms with Crippen LogP contribution in [-0.4, -0.2) is 29.6 Å². The van der Waals surface area contributed by atoms with Crippen LogP contribution in [0.5, 0.6) is 0 Å². The molecule has 0 radical (unpaired) electrons.